The Kier molecular flexibility index (Phi) is 51.0. The molecule has 0 aliphatic heterocycles. The molecule has 0 aliphatic carbocycles. The summed E-state index contributed by atoms with van der Waals surface area (Å²) in [6, 6.07) is -0.820. The van der Waals surface area contributed by atoms with Crippen LogP contribution in [0.3, 0.4) is 0 Å². The van der Waals surface area contributed by atoms with Crippen molar-refractivity contribution < 1.29 is 32.9 Å². The molecule has 0 saturated heterocycles. The van der Waals surface area contributed by atoms with Crippen molar-refractivity contribution in [3.8, 4) is 0 Å². The number of nitrogens with zero attached hydrogens (tertiary/aromatic N) is 1. The lowest BCUT2D eigenvalue weighted by Gasteiger charge is -2.30. The summed E-state index contributed by atoms with van der Waals surface area (Å²) in [7, 11) is 1.27. The van der Waals surface area contributed by atoms with Crippen molar-refractivity contribution in [1.82, 2.24) is 5.32 Å². The largest absolute Gasteiger partial charge is 0.756 e. The lowest BCUT2D eigenvalue weighted by atomic mass is 10.0. The topological polar surface area (TPSA) is 108 Å². The van der Waals surface area contributed by atoms with E-state index in [1.54, 1.807) is 0 Å². The summed E-state index contributed by atoms with van der Waals surface area (Å²) >= 11 is 0. The zero-order chi connectivity index (χ0) is 53.5. The predicted molar refractivity (Wildman–Crippen MR) is 315 cm³/mol. The van der Waals surface area contributed by atoms with E-state index in [-0.39, 0.29) is 19.1 Å². The fourth-order valence-electron chi connectivity index (χ4n) is 7.63. The molecule has 8 nitrogen and oxygen atoms in total. The molecule has 0 fully saturated rings. The molecule has 0 aromatic heterocycles. The third-order valence-electron chi connectivity index (χ3n) is 12.2. The highest BCUT2D eigenvalue weighted by molar-refractivity contribution is 7.45. The SMILES string of the molecule is CC/C=C\C/C=C\C/C=C\C/C=C\C/C=C\C/C=C\C/C=C\C/C=C\C/C=C\C/C=C\C/C=C\CCCCCCCC(=O)NC(COP(=O)([O-])OCC[N+](C)(C)C)C(O)CCCCCCCCCCCCCC. The molecule has 1 amide bonds. The van der Waals surface area contributed by atoms with Crippen LogP contribution in [0.1, 0.15) is 213 Å². The Bertz CT molecular complexity index is 1640. The van der Waals surface area contributed by atoms with Crippen LogP contribution in [-0.2, 0) is 18.4 Å². The van der Waals surface area contributed by atoms with Crippen molar-refractivity contribution in [2.24, 2.45) is 0 Å². The first-order chi connectivity index (χ1) is 35.5. The van der Waals surface area contributed by atoms with Crippen LogP contribution < -0.4 is 10.2 Å². The average molecular weight is 1030 g/mol. The zero-order valence-electron chi connectivity index (χ0n) is 47.3. The maximum Gasteiger partial charge on any atom is 0.268 e. The third kappa shape index (κ3) is 56.2. The fourth-order valence-corrected chi connectivity index (χ4v) is 8.35. The first kappa shape index (κ1) is 69.6. The minimum Gasteiger partial charge on any atom is -0.756 e. The predicted octanol–water partition coefficient (Wildman–Crippen LogP) is 17.3. The number of carbonyl (C=O) groups is 1. The van der Waals surface area contributed by atoms with Crippen LogP contribution in [0.5, 0.6) is 0 Å². The summed E-state index contributed by atoms with van der Waals surface area (Å²) in [4.78, 5) is 25.5. The number of hydrogen-bond acceptors (Lipinski definition) is 6. The molecular formula is C64H109N2O6P. The van der Waals surface area contributed by atoms with E-state index in [1.807, 2.05) is 21.1 Å². The van der Waals surface area contributed by atoms with Gasteiger partial charge in [-0.05, 0) is 96.3 Å². The molecule has 3 unspecified atom stereocenters. The van der Waals surface area contributed by atoms with Crippen molar-refractivity contribution in [2.45, 2.75) is 225 Å². The molecule has 0 aromatic carbocycles. The second-order valence-corrected chi connectivity index (χ2v) is 21.7. The Balaban J connectivity index is 4.15. The van der Waals surface area contributed by atoms with Gasteiger partial charge in [0.05, 0.1) is 39.9 Å². The molecule has 0 rings (SSSR count). The van der Waals surface area contributed by atoms with E-state index in [0.29, 0.717) is 23.9 Å². The van der Waals surface area contributed by atoms with Crippen molar-refractivity contribution in [2.75, 3.05) is 40.9 Å². The quantitative estimate of drug-likeness (QED) is 0.0272. The molecular weight excluding hydrogens is 924 g/mol. The Morgan fingerprint density at radius 2 is 0.836 bits per heavy atom. The molecule has 0 heterocycles. The van der Waals surface area contributed by atoms with Crippen molar-refractivity contribution in [3.05, 3.63) is 134 Å². The number of aliphatic hydroxyl groups excluding tert-OH is 1. The molecule has 73 heavy (non-hydrogen) atoms. The Morgan fingerprint density at radius 1 is 0.493 bits per heavy atom. The number of carbonyl (C=O) groups excluding carboxylic acids is 1. The first-order valence-corrected chi connectivity index (χ1v) is 30.5. The van der Waals surface area contributed by atoms with Gasteiger partial charge >= 0.3 is 0 Å². The van der Waals surface area contributed by atoms with Crippen molar-refractivity contribution in [3.63, 3.8) is 0 Å². The number of allylic oxidation sites excluding steroid dienone is 22. The van der Waals surface area contributed by atoms with Gasteiger partial charge in [-0.1, -0.05) is 244 Å². The number of nitrogens with one attached hydrogen (secondary N) is 1. The summed E-state index contributed by atoms with van der Waals surface area (Å²) in [5, 5.41) is 13.9. The molecule has 2 N–H and O–H groups in total. The van der Waals surface area contributed by atoms with Gasteiger partial charge in [0.2, 0.25) is 5.91 Å². The summed E-state index contributed by atoms with van der Waals surface area (Å²) < 4.78 is 23.3. The van der Waals surface area contributed by atoms with Crippen LogP contribution in [0.4, 0.5) is 0 Å². The van der Waals surface area contributed by atoms with E-state index >= 15 is 0 Å². The van der Waals surface area contributed by atoms with Gasteiger partial charge in [0.1, 0.15) is 13.2 Å². The fraction of sp³-hybridized carbons (Fsp3) is 0.641. The van der Waals surface area contributed by atoms with Crippen LogP contribution in [0.2, 0.25) is 0 Å². The molecule has 0 radical (unpaired) electrons. The number of hydrogen-bond donors (Lipinski definition) is 2. The van der Waals surface area contributed by atoms with Crippen molar-refractivity contribution in [1.29, 1.82) is 0 Å². The van der Waals surface area contributed by atoms with E-state index in [9.17, 15) is 19.4 Å². The Labute approximate surface area is 449 Å². The lowest BCUT2D eigenvalue weighted by molar-refractivity contribution is -0.870. The van der Waals surface area contributed by atoms with Gasteiger partial charge in [0.15, 0.2) is 0 Å². The summed E-state index contributed by atoms with van der Waals surface area (Å²) in [5.74, 6) is -0.190. The molecule has 0 aliphatic rings. The van der Waals surface area contributed by atoms with Crippen LogP contribution >= 0.6 is 7.82 Å². The minimum absolute atomic E-state index is 0.00114. The maximum absolute atomic E-state index is 12.9. The normalized spacial score (nSPS) is 14.9. The highest BCUT2D eigenvalue weighted by Crippen LogP contribution is 2.38. The van der Waals surface area contributed by atoms with E-state index < -0.39 is 20.0 Å². The van der Waals surface area contributed by atoms with Crippen LogP contribution in [0.15, 0.2) is 134 Å². The number of aliphatic hydroxyl groups is 1. The highest BCUT2D eigenvalue weighted by Gasteiger charge is 2.24. The minimum atomic E-state index is -4.58. The number of unbranched alkanes of at least 4 members (excludes halogenated alkanes) is 16. The van der Waals surface area contributed by atoms with Crippen LogP contribution in [0, 0.1) is 0 Å². The second kappa shape index (κ2) is 53.5. The van der Waals surface area contributed by atoms with Gasteiger partial charge in [-0.25, -0.2) is 0 Å². The number of rotatable bonds is 51. The number of phosphoric acid groups is 1. The molecule has 0 saturated carbocycles. The number of phosphoric ester groups is 1. The summed E-state index contributed by atoms with van der Waals surface area (Å²) in [5.41, 5.74) is 0. The standard InChI is InChI=1S/C64H109N2O6P/c1-6-8-10-12-14-16-18-20-21-22-23-24-25-26-27-28-29-30-31-32-33-34-35-36-37-38-39-40-41-42-43-44-45-46-48-50-52-54-56-58-64(68)65-62(61-72-73(69,70)71-60-59-66(3,4)5)63(67)57-55-53-51-49-47-19-17-15-13-11-9-7-2/h8,10,14,16,20-21,23-24,26-27,29-30,32-33,35-36,38-39,41-42,44-45,62-63,67H,6-7,9,11-13,15,17-19,22,25,28,31,34,37,40,43,46-61H2,1-5H3,(H-,65,68,69,70)/b10-8-,16-14-,21-20-,24-23-,27-26-,30-29-,33-32-,36-35-,39-38-,42-41-,45-44-. The molecule has 3 atom stereocenters. The second-order valence-electron chi connectivity index (χ2n) is 20.3. The molecule has 0 aromatic rings. The van der Waals surface area contributed by atoms with E-state index in [4.69, 9.17) is 9.05 Å². The average Bonchev–Trinajstić information content (AvgIpc) is 3.35. The number of amides is 1. The summed E-state index contributed by atoms with van der Waals surface area (Å²) in [6.07, 6.45) is 80.6. The van der Waals surface area contributed by atoms with Crippen LogP contribution in [-0.4, -0.2) is 68.5 Å². The molecule has 0 spiro atoms. The van der Waals surface area contributed by atoms with Gasteiger partial charge in [-0.2, -0.15) is 0 Å². The Hall–Kier alpha value is -3.36. The number of likely N-dealkylation sites (N-methyl/N-ethyl adjacent to an activating group) is 1. The third-order valence-corrected chi connectivity index (χ3v) is 13.1. The molecule has 0 bridgehead atoms. The molecule has 9 heteroatoms. The van der Waals surface area contributed by atoms with Gasteiger partial charge in [0.25, 0.3) is 7.82 Å². The van der Waals surface area contributed by atoms with Crippen molar-refractivity contribution >= 4 is 13.7 Å². The van der Waals surface area contributed by atoms with Gasteiger partial charge in [-0.3, -0.25) is 9.36 Å². The zero-order valence-corrected chi connectivity index (χ0v) is 48.2. The lowest BCUT2D eigenvalue weighted by Crippen LogP contribution is -2.46. The highest BCUT2D eigenvalue weighted by atomic mass is 31.2. The van der Waals surface area contributed by atoms with E-state index in [2.05, 4.69) is 153 Å². The smallest absolute Gasteiger partial charge is 0.268 e. The molecule has 416 valence electrons. The number of quaternary nitrogens is 1. The van der Waals surface area contributed by atoms with E-state index in [1.165, 1.54) is 57.8 Å². The van der Waals surface area contributed by atoms with Crippen LogP contribution in [0.25, 0.3) is 0 Å². The maximum atomic E-state index is 12.9. The monoisotopic (exact) mass is 1030 g/mol. The first-order valence-electron chi connectivity index (χ1n) is 29.0. The Morgan fingerprint density at radius 3 is 1.22 bits per heavy atom. The van der Waals surface area contributed by atoms with Gasteiger partial charge in [0, 0.05) is 6.42 Å². The van der Waals surface area contributed by atoms with E-state index in [0.717, 1.165) is 128 Å². The van der Waals surface area contributed by atoms with Gasteiger partial charge < -0.3 is 28.8 Å². The summed E-state index contributed by atoms with van der Waals surface area (Å²) in [6.45, 7) is 4.56. The van der Waals surface area contributed by atoms with Gasteiger partial charge in [-0.15, -0.1) is 0 Å².